The molecule has 0 saturated heterocycles. The lowest BCUT2D eigenvalue weighted by Crippen LogP contribution is -2.29. The fourth-order valence-corrected chi connectivity index (χ4v) is 4.53. The minimum atomic E-state index is -1.09. The number of amides is 1. The van der Waals surface area contributed by atoms with Crippen molar-refractivity contribution in [3.8, 4) is 12.3 Å². The number of ketones is 2. The second kappa shape index (κ2) is 9.07. The maximum atomic E-state index is 13.5. The van der Waals surface area contributed by atoms with Crippen LogP contribution in [-0.4, -0.2) is 22.0 Å². The average molecular weight is 440 g/mol. The van der Waals surface area contributed by atoms with Gasteiger partial charge in [0.2, 0.25) is 11.6 Å². The lowest BCUT2D eigenvalue weighted by atomic mass is 9.71. The van der Waals surface area contributed by atoms with E-state index in [0.29, 0.717) is 11.3 Å². The lowest BCUT2D eigenvalue weighted by molar-refractivity contribution is -0.117. The van der Waals surface area contributed by atoms with Crippen LogP contribution < -0.4 is 5.32 Å². The van der Waals surface area contributed by atoms with Crippen LogP contribution in [0.2, 0.25) is 0 Å². The molecule has 0 unspecified atom stereocenters. The van der Waals surface area contributed by atoms with Gasteiger partial charge in [-0.15, -0.1) is 6.42 Å². The number of hydrogen-bond acceptors (Lipinski definition) is 3. The Morgan fingerprint density at radius 2 is 1.78 bits per heavy atom. The number of carbonyl (C=O) groups is 3. The molecule has 5 nitrogen and oxygen atoms in total. The van der Waals surface area contributed by atoms with Gasteiger partial charge in [0.15, 0.2) is 11.6 Å². The summed E-state index contributed by atoms with van der Waals surface area (Å²) in [4.78, 5) is 38.8. The first kappa shape index (κ1) is 23.4. The van der Waals surface area contributed by atoms with Crippen molar-refractivity contribution in [3.05, 3.63) is 52.3 Å². The zero-order valence-corrected chi connectivity index (χ0v) is 18.5. The average Bonchev–Trinajstić information content (AvgIpc) is 2.99. The highest BCUT2D eigenvalue weighted by molar-refractivity contribution is 6.44. The van der Waals surface area contributed by atoms with Gasteiger partial charge in [0.25, 0.3) is 5.91 Å². The molecule has 1 saturated carbocycles. The van der Waals surface area contributed by atoms with Gasteiger partial charge in [-0.2, -0.15) is 0 Å². The van der Waals surface area contributed by atoms with Gasteiger partial charge >= 0.3 is 0 Å². The number of rotatable bonds is 6. The first-order valence-electron chi connectivity index (χ1n) is 10.6. The second-order valence-corrected chi connectivity index (χ2v) is 8.49. The molecule has 3 rings (SSSR count). The Labute approximate surface area is 186 Å². The van der Waals surface area contributed by atoms with Gasteiger partial charge in [-0.25, -0.2) is 8.78 Å². The monoisotopic (exact) mass is 440 g/mol. The molecule has 0 radical (unpaired) electrons. The summed E-state index contributed by atoms with van der Waals surface area (Å²) < 4.78 is 28.2. The standard InChI is InChI=1S/C25H26F2N2O3/c1-5-25(11-7-6-8-12-25)14-20(30)23(31)21-15(2)22(29(4)16(21)3)24(32)28-17-9-10-18(26)19(27)13-17/h1,9-10,13H,6-8,11-12,14H2,2-4H3,(H,28,32). The van der Waals surface area contributed by atoms with Crippen molar-refractivity contribution < 1.29 is 23.2 Å². The van der Waals surface area contributed by atoms with Crippen LogP contribution in [0.1, 0.15) is 70.6 Å². The smallest absolute Gasteiger partial charge is 0.272 e. The predicted octanol–water partition coefficient (Wildman–Crippen LogP) is 4.90. The molecule has 7 heteroatoms. The van der Waals surface area contributed by atoms with Crippen molar-refractivity contribution in [1.29, 1.82) is 0 Å². The van der Waals surface area contributed by atoms with E-state index in [9.17, 15) is 23.2 Å². The first-order valence-corrected chi connectivity index (χ1v) is 10.6. The number of Topliss-reactive ketones (excluding diaryl/α,β-unsaturated/α-hetero) is 2. The van der Waals surface area contributed by atoms with E-state index in [4.69, 9.17) is 6.42 Å². The van der Waals surface area contributed by atoms with Crippen molar-refractivity contribution in [2.45, 2.75) is 52.4 Å². The number of halogens is 2. The fraction of sp³-hybridized carbons (Fsp3) is 0.400. The maximum Gasteiger partial charge on any atom is 0.272 e. The Balaban J connectivity index is 1.87. The summed E-state index contributed by atoms with van der Waals surface area (Å²) in [6.07, 6.45) is 10.1. The number of hydrogen-bond donors (Lipinski definition) is 1. The number of nitrogens with one attached hydrogen (secondary N) is 1. The summed E-state index contributed by atoms with van der Waals surface area (Å²) in [5.74, 6) is -1.18. The number of benzene rings is 1. The van der Waals surface area contributed by atoms with Crippen molar-refractivity contribution in [3.63, 3.8) is 0 Å². The quantitative estimate of drug-likeness (QED) is 0.395. The Bertz CT molecular complexity index is 1140. The molecule has 0 atom stereocenters. The predicted molar refractivity (Wildman–Crippen MR) is 118 cm³/mol. The summed E-state index contributed by atoms with van der Waals surface area (Å²) >= 11 is 0. The molecule has 0 aliphatic heterocycles. The molecular weight excluding hydrogens is 414 g/mol. The molecule has 2 aromatic rings. The third-order valence-corrected chi connectivity index (χ3v) is 6.42. The highest BCUT2D eigenvalue weighted by Crippen LogP contribution is 2.39. The molecule has 1 fully saturated rings. The van der Waals surface area contributed by atoms with Crippen molar-refractivity contribution >= 4 is 23.2 Å². The maximum absolute atomic E-state index is 13.5. The van der Waals surface area contributed by atoms with E-state index in [1.807, 2.05) is 0 Å². The zero-order chi connectivity index (χ0) is 23.6. The topological polar surface area (TPSA) is 68.2 Å². The molecule has 1 N–H and O–H groups in total. The molecule has 0 bridgehead atoms. The van der Waals surface area contributed by atoms with Crippen LogP contribution in [0, 0.1) is 43.2 Å². The van der Waals surface area contributed by atoms with E-state index in [1.165, 1.54) is 10.6 Å². The van der Waals surface area contributed by atoms with Crippen molar-refractivity contribution in [2.24, 2.45) is 12.5 Å². The van der Waals surface area contributed by atoms with Gasteiger partial charge in [0.05, 0.1) is 5.56 Å². The third kappa shape index (κ3) is 4.36. The summed E-state index contributed by atoms with van der Waals surface area (Å²) in [6, 6.07) is 3.02. The Kier molecular flexibility index (Phi) is 6.63. The molecular formula is C25H26F2N2O3. The molecule has 1 heterocycles. The van der Waals surface area contributed by atoms with Gasteiger partial charge in [-0.3, -0.25) is 14.4 Å². The molecule has 32 heavy (non-hydrogen) atoms. The molecule has 0 spiro atoms. The van der Waals surface area contributed by atoms with Gasteiger partial charge in [-0.1, -0.05) is 25.2 Å². The van der Waals surface area contributed by atoms with Gasteiger partial charge < -0.3 is 9.88 Å². The van der Waals surface area contributed by atoms with Crippen LogP contribution in [0.25, 0.3) is 0 Å². The second-order valence-electron chi connectivity index (χ2n) is 8.49. The van der Waals surface area contributed by atoms with Gasteiger partial charge in [0.1, 0.15) is 5.69 Å². The number of carbonyl (C=O) groups excluding carboxylic acids is 3. The Morgan fingerprint density at radius 3 is 2.38 bits per heavy atom. The minimum Gasteiger partial charge on any atom is -0.343 e. The van der Waals surface area contributed by atoms with Crippen molar-refractivity contribution in [1.82, 2.24) is 4.57 Å². The number of aromatic nitrogens is 1. The molecule has 1 aromatic carbocycles. The van der Waals surface area contributed by atoms with Crippen LogP contribution in [0.4, 0.5) is 14.5 Å². The zero-order valence-electron chi connectivity index (χ0n) is 18.5. The molecule has 1 aromatic heterocycles. The van der Waals surface area contributed by atoms with E-state index in [0.717, 1.165) is 44.2 Å². The summed E-state index contributed by atoms with van der Waals surface area (Å²) in [5.41, 5.74) is 0.638. The van der Waals surface area contributed by atoms with Crippen LogP contribution in [-0.2, 0) is 11.8 Å². The third-order valence-electron chi connectivity index (χ3n) is 6.42. The van der Waals surface area contributed by atoms with Crippen LogP contribution in [0.5, 0.6) is 0 Å². The number of terminal acetylenes is 1. The van der Waals surface area contributed by atoms with Crippen molar-refractivity contribution in [2.75, 3.05) is 5.32 Å². The molecule has 1 amide bonds. The normalized spacial score (nSPS) is 15.1. The summed E-state index contributed by atoms with van der Waals surface area (Å²) in [7, 11) is 1.60. The molecule has 1 aliphatic rings. The Hall–Kier alpha value is -3.27. The number of nitrogens with zero attached hydrogens (tertiary/aromatic N) is 1. The fourth-order valence-electron chi connectivity index (χ4n) is 4.53. The summed E-state index contributed by atoms with van der Waals surface area (Å²) in [6.45, 7) is 3.24. The van der Waals surface area contributed by atoms with Crippen LogP contribution in [0.3, 0.4) is 0 Å². The largest absolute Gasteiger partial charge is 0.343 e. The van der Waals surface area contributed by atoms with Gasteiger partial charge in [-0.05, 0) is 44.4 Å². The molecule has 1 aliphatic carbocycles. The highest BCUT2D eigenvalue weighted by atomic mass is 19.2. The summed E-state index contributed by atoms with van der Waals surface area (Å²) in [5, 5.41) is 2.51. The Morgan fingerprint density at radius 1 is 1.12 bits per heavy atom. The van der Waals surface area contributed by atoms with Crippen LogP contribution in [0.15, 0.2) is 18.2 Å². The van der Waals surface area contributed by atoms with E-state index in [2.05, 4.69) is 11.2 Å². The SMILES string of the molecule is C#CC1(CC(=O)C(=O)c2c(C)c(C(=O)Nc3ccc(F)c(F)c3)n(C)c2C)CCCCC1. The minimum absolute atomic E-state index is 0.00745. The van der Waals surface area contributed by atoms with E-state index in [1.54, 1.807) is 20.9 Å². The highest BCUT2D eigenvalue weighted by Gasteiger charge is 2.36. The lowest BCUT2D eigenvalue weighted by Gasteiger charge is -2.31. The van der Waals surface area contributed by atoms with Crippen LogP contribution >= 0.6 is 0 Å². The first-order chi connectivity index (χ1) is 15.1. The van der Waals surface area contributed by atoms with Gasteiger partial charge in [0, 0.05) is 36.3 Å². The molecule has 168 valence electrons. The number of anilines is 1. The van der Waals surface area contributed by atoms with E-state index < -0.39 is 34.5 Å². The van der Waals surface area contributed by atoms with E-state index in [-0.39, 0.29) is 23.4 Å². The van der Waals surface area contributed by atoms with E-state index >= 15 is 0 Å².